The summed E-state index contributed by atoms with van der Waals surface area (Å²) < 4.78 is 16.6. The van der Waals surface area contributed by atoms with E-state index in [1.54, 1.807) is 42.5 Å². The first kappa shape index (κ1) is 20.3. The number of amides is 1. The smallest absolute Gasteiger partial charge is 0.254 e. The lowest BCUT2D eigenvalue weighted by Gasteiger charge is -2.27. The fourth-order valence-electron chi connectivity index (χ4n) is 3.27. The predicted molar refractivity (Wildman–Crippen MR) is 114 cm³/mol. The van der Waals surface area contributed by atoms with Gasteiger partial charge in [-0.05, 0) is 30.3 Å². The molecule has 1 aliphatic heterocycles. The van der Waals surface area contributed by atoms with Crippen LogP contribution in [0.15, 0.2) is 53.1 Å². The second kappa shape index (κ2) is 9.19. The molecule has 0 atom stereocenters. The highest BCUT2D eigenvalue weighted by atomic mass is 35.5. The lowest BCUT2D eigenvalue weighted by atomic mass is 10.1. The van der Waals surface area contributed by atoms with Gasteiger partial charge in [-0.2, -0.15) is 0 Å². The van der Waals surface area contributed by atoms with Gasteiger partial charge in [0.2, 0.25) is 5.89 Å². The Kier molecular flexibility index (Phi) is 6.21. The number of carbonyl (C=O) groups excluding carboxylic acids is 1. The van der Waals surface area contributed by atoms with E-state index in [-0.39, 0.29) is 5.91 Å². The summed E-state index contributed by atoms with van der Waals surface area (Å²) in [4.78, 5) is 18.9. The van der Waals surface area contributed by atoms with E-state index in [1.165, 1.54) is 0 Å². The first-order valence-electron chi connectivity index (χ1n) is 9.63. The number of hydrogen-bond donors (Lipinski definition) is 1. The molecule has 1 amide bonds. The SMILES string of the molecule is COc1ccc(C(=O)N2CCOCC2)cc1NCc1ncc(-c2cccc(Cl)c2)o1. The summed E-state index contributed by atoms with van der Waals surface area (Å²) in [6.07, 6.45) is 1.66. The molecular formula is C22H22ClN3O4. The fourth-order valence-corrected chi connectivity index (χ4v) is 3.46. The number of morpholine rings is 1. The number of methoxy groups -OCH3 is 1. The zero-order chi connectivity index (χ0) is 20.9. The van der Waals surface area contributed by atoms with Gasteiger partial charge in [0.25, 0.3) is 5.91 Å². The molecule has 0 unspecified atom stereocenters. The molecule has 8 heteroatoms. The third kappa shape index (κ3) is 4.58. The fraction of sp³-hybridized carbons (Fsp3) is 0.273. The molecule has 3 aromatic rings. The van der Waals surface area contributed by atoms with Gasteiger partial charge in [0, 0.05) is 29.2 Å². The molecule has 0 radical (unpaired) electrons. The van der Waals surface area contributed by atoms with Crippen molar-refractivity contribution in [2.75, 3.05) is 38.7 Å². The molecule has 1 N–H and O–H groups in total. The van der Waals surface area contributed by atoms with E-state index >= 15 is 0 Å². The van der Waals surface area contributed by atoms with Crippen LogP contribution < -0.4 is 10.1 Å². The van der Waals surface area contributed by atoms with Crippen LogP contribution in [0.25, 0.3) is 11.3 Å². The Balaban J connectivity index is 1.48. The van der Waals surface area contributed by atoms with Crippen LogP contribution in [-0.2, 0) is 11.3 Å². The van der Waals surface area contributed by atoms with Gasteiger partial charge in [0.15, 0.2) is 5.76 Å². The standard InChI is InChI=1S/C22H22ClN3O4/c1-28-19-6-5-16(22(27)26-7-9-29-10-8-26)12-18(19)24-14-21-25-13-20(30-21)15-3-2-4-17(23)11-15/h2-6,11-13,24H,7-10,14H2,1H3. The van der Waals surface area contributed by atoms with Crippen molar-refractivity contribution in [3.05, 3.63) is 65.1 Å². The van der Waals surface area contributed by atoms with Gasteiger partial charge in [-0.1, -0.05) is 23.7 Å². The molecule has 0 aliphatic carbocycles. The number of ether oxygens (including phenoxy) is 2. The Morgan fingerprint density at radius 3 is 2.83 bits per heavy atom. The molecule has 0 bridgehead atoms. The largest absolute Gasteiger partial charge is 0.495 e. The van der Waals surface area contributed by atoms with E-state index in [1.807, 2.05) is 18.2 Å². The maximum absolute atomic E-state index is 12.8. The molecule has 1 fully saturated rings. The van der Waals surface area contributed by atoms with Crippen LogP contribution in [0.5, 0.6) is 5.75 Å². The lowest BCUT2D eigenvalue weighted by Crippen LogP contribution is -2.40. The van der Waals surface area contributed by atoms with Crippen LogP contribution in [-0.4, -0.2) is 49.2 Å². The second-order valence-corrected chi connectivity index (χ2v) is 7.24. The van der Waals surface area contributed by atoms with Gasteiger partial charge in [-0.3, -0.25) is 4.79 Å². The summed E-state index contributed by atoms with van der Waals surface area (Å²) in [7, 11) is 1.59. The third-order valence-corrected chi connectivity index (χ3v) is 5.07. The normalized spacial score (nSPS) is 13.9. The van der Waals surface area contributed by atoms with Gasteiger partial charge in [0.1, 0.15) is 5.75 Å². The van der Waals surface area contributed by atoms with Crippen molar-refractivity contribution in [1.82, 2.24) is 9.88 Å². The van der Waals surface area contributed by atoms with E-state index in [9.17, 15) is 4.79 Å². The summed E-state index contributed by atoms with van der Waals surface area (Å²) >= 11 is 6.05. The number of halogens is 1. The van der Waals surface area contributed by atoms with Crippen molar-refractivity contribution in [3.63, 3.8) is 0 Å². The van der Waals surface area contributed by atoms with E-state index in [0.717, 1.165) is 5.56 Å². The first-order chi connectivity index (χ1) is 14.6. The summed E-state index contributed by atoms with van der Waals surface area (Å²) in [5, 5.41) is 3.89. The molecule has 0 saturated carbocycles. The molecular weight excluding hydrogens is 406 g/mol. The summed E-state index contributed by atoms with van der Waals surface area (Å²) in [5.41, 5.74) is 2.14. The first-order valence-corrected chi connectivity index (χ1v) is 10.0. The Morgan fingerprint density at radius 1 is 1.23 bits per heavy atom. The second-order valence-electron chi connectivity index (χ2n) is 6.80. The summed E-state index contributed by atoms with van der Waals surface area (Å²) in [6.45, 7) is 2.65. The van der Waals surface area contributed by atoms with Crippen molar-refractivity contribution < 1.29 is 18.7 Å². The average Bonchev–Trinajstić information content (AvgIpc) is 3.27. The van der Waals surface area contributed by atoms with Gasteiger partial charge >= 0.3 is 0 Å². The highest BCUT2D eigenvalue weighted by Gasteiger charge is 2.20. The van der Waals surface area contributed by atoms with E-state index < -0.39 is 0 Å². The van der Waals surface area contributed by atoms with Crippen LogP contribution in [0, 0.1) is 0 Å². The third-order valence-electron chi connectivity index (χ3n) is 4.84. The zero-order valence-electron chi connectivity index (χ0n) is 16.6. The Bertz CT molecular complexity index is 1030. The van der Waals surface area contributed by atoms with Crippen molar-refractivity contribution in [2.45, 2.75) is 6.54 Å². The highest BCUT2D eigenvalue weighted by Crippen LogP contribution is 2.28. The molecule has 7 nitrogen and oxygen atoms in total. The van der Waals surface area contributed by atoms with Gasteiger partial charge in [-0.15, -0.1) is 0 Å². The Morgan fingerprint density at radius 2 is 2.07 bits per heavy atom. The van der Waals surface area contributed by atoms with E-state index in [0.29, 0.717) is 66.5 Å². The number of benzene rings is 2. The maximum atomic E-state index is 12.8. The topological polar surface area (TPSA) is 76.8 Å². The Hall–Kier alpha value is -3.03. The van der Waals surface area contributed by atoms with Crippen molar-refractivity contribution in [3.8, 4) is 17.1 Å². The number of nitrogens with one attached hydrogen (secondary N) is 1. The molecule has 2 aromatic carbocycles. The molecule has 0 spiro atoms. The van der Waals surface area contributed by atoms with Crippen LogP contribution in [0.3, 0.4) is 0 Å². The Labute approximate surface area is 179 Å². The van der Waals surface area contributed by atoms with Crippen LogP contribution in [0.4, 0.5) is 5.69 Å². The van der Waals surface area contributed by atoms with Crippen molar-refractivity contribution >= 4 is 23.2 Å². The minimum Gasteiger partial charge on any atom is -0.495 e. The average molecular weight is 428 g/mol. The van der Waals surface area contributed by atoms with Crippen molar-refractivity contribution in [2.24, 2.45) is 0 Å². The summed E-state index contributed by atoms with van der Waals surface area (Å²) in [6, 6.07) is 12.7. The quantitative estimate of drug-likeness (QED) is 0.638. The molecule has 30 heavy (non-hydrogen) atoms. The van der Waals surface area contributed by atoms with Crippen LogP contribution in [0.2, 0.25) is 5.02 Å². The van der Waals surface area contributed by atoms with Gasteiger partial charge in [0.05, 0.1) is 38.8 Å². The molecule has 1 aromatic heterocycles. The van der Waals surface area contributed by atoms with Crippen LogP contribution in [0.1, 0.15) is 16.2 Å². The van der Waals surface area contributed by atoms with Gasteiger partial charge in [-0.25, -0.2) is 4.98 Å². The number of rotatable bonds is 6. The number of carbonyl (C=O) groups is 1. The predicted octanol–water partition coefficient (Wildman–Crippen LogP) is 4.09. The minimum atomic E-state index is -0.0247. The number of aromatic nitrogens is 1. The zero-order valence-corrected chi connectivity index (χ0v) is 17.3. The highest BCUT2D eigenvalue weighted by molar-refractivity contribution is 6.30. The lowest BCUT2D eigenvalue weighted by molar-refractivity contribution is 0.0303. The van der Waals surface area contributed by atoms with E-state index in [2.05, 4.69) is 10.3 Å². The number of anilines is 1. The van der Waals surface area contributed by atoms with Crippen molar-refractivity contribution in [1.29, 1.82) is 0 Å². The van der Waals surface area contributed by atoms with Crippen LogP contribution >= 0.6 is 11.6 Å². The monoisotopic (exact) mass is 427 g/mol. The number of nitrogens with zero attached hydrogens (tertiary/aromatic N) is 2. The molecule has 1 saturated heterocycles. The molecule has 156 valence electrons. The number of oxazole rings is 1. The minimum absolute atomic E-state index is 0.0247. The van der Waals surface area contributed by atoms with Gasteiger partial charge < -0.3 is 24.1 Å². The summed E-state index contributed by atoms with van der Waals surface area (Å²) in [5.74, 6) is 1.76. The van der Waals surface area contributed by atoms with E-state index in [4.69, 9.17) is 25.5 Å². The maximum Gasteiger partial charge on any atom is 0.254 e. The molecule has 2 heterocycles. The molecule has 4 rings (SSSR count). The molecule has 1 aliphatic rings. The number of hydrogen-bond acceptors (Lipinski definition) is 6.